The molecule has 1 aliphatic heterocycles. The molecular weight excluding hydrogens is 210 g/mol. The van der Waals surface area contributed by atoms with E-state index in [2.05, 4.69) is 12.4 Å². The number of hydrogen-bond acceptors (Lipinski definition) is 2. The van der Waals surface area contributed by atoms with Gasteiger partial charge in [-0.2, -0.15) is 0 Å². The van der Waals surface area contributed by atoms with Crippen LogP contribution in [0.4, 0.5) is 0 Å². The van der Waals surface area contributed by atoms with Gasteiger partial charge in [0.1, 0.15) is 0 Å². The third-order valence-corrected chi connectivity index (χ3v) is 4.76. The molecule has 100 valence electrons. The second-order valence-corrected chi connectivity index (χ2v) is 6.23. The van der Waals surface area contributed by atoms with E-state index in [1.54, 1.807) is 0 Å². The standard InChI is InChI=1S/C15H29NO/c1-16-12-15(9-5-11-17-13-15)10-8-14-6-3-2-4-7-14/h14,16H,2-13H2,1H3. The average Bonchev–Trinajstić information content (AvgIpc) is 2.39. The lowest BCUT2D eigenvalue weighted by Crippen LogP contribution is -2.40. The maximum Gasteiger partial charge on any atom is 0.0534 e. The Morgan fingerprint density at radius 3 is 2.65 bits per heavy atom. The van der Waals surface area contributed by atoms with Crippen molar-refractivity contribution in [3.8, 4) is 0 Å². The number of ether oxygens (including phenoxy) is 1. The Balaban J connectivity index is 1.79. The Kier molecular flexibility index (Phi) is 5.30. The molecule has 2 aliphatic rings. The molecule has 0 radical (unpaired) electrons. The van der Waals surface area contributed by atoms with Crippen LogP contribution in [-0.4, -0.2) is 26.8 Å². The van der Waals surface area contributed by atoms with Crippen molar-refractivity contribution in [2.24, 2.45) is 11.3 Å². The van der Waals surface area contributed by atoms with Crippen molar-refractivity contribution in [3.05, 3.63) is 0 Å². The highest BCUT2D eigenvalue weighted by Gasteiger charge is 2.32. The second-order valence-electron chi connectivity index (χ2n) is 6.23. The lowest BCUT2D eigenvalue weighted by Gasteiger charge is -2.38. The number of nitrogens with one attached hydrogen (secondary N) is 1. The van der Waals surface area contributed by atoms with Crippen molar-refractivity contribution >= 4 is 0 Å². The minimum atomic E-state index is 0.449. The summed E-state index contributed by atoms with van der Waals surface area (Å²) in [6.07, 6.45) is 12.8. The van der Waals surface area contributed by atoms with Gasteiger partial charge in [0.15, 0.2) is 0 Å². The van der Waals surface area contributed by atoms with Gasteiger partial charge in [0.2, 0.25) is 0 Å². The van der Waals surface area contributed by atoms with E-state index in [0.29, 0.717) is 5.41 Å². The molecule has 1 saturated carbocycles. The summed E-state index contributed by atoms with van der Waals surface area (Å²) in [5.74, 6) is 1.01. The van der Waals surface area contributed by atoms with Gasteiger partial charge in [0.05, 0.1) is 6.61 Å². The Morgan fingerprint density at radius 1 is 1.18 bits per heavy atom. The van der Waals surface area contributed by atoms with E-state index in [0.717, 1.165) is 25.7 Å². The van der Waals surface area contributed by atoms with Crippen LogP contribution in [0, 0.1) is 11.3 Å². The van der Waals surface area contributed by atoms with Crippen LogP contribution < -0.4 is 5.32 Å². The van der Waals surface area contributed by atoms with Crippen molar-refractivity contribution in [1.82, 2.24) is 5.32 Å². The maximum absolute atomic E-state index is 5.74. The summed E-state index contributed by atoms with van der Waals surface area (Å²) in [6, 6.07) is 0. The van der Waals surface area contributed by atoms with Gasteiger partial charge in [-0.25, -0.2) is 0 Å². The van der Waals surface area contributed by atoms with E-state index < -0.39 is 0 Å². The van der Waals surface area contributed by atoms with Crippen LogP contribution in [0.2, 0.25) is 0 Å². The molecule has 1 heterocycles. The van der Waals surface area contributed by atoms with Gasteiger partial charge in [-0.1, -0.05) is 32.1 Å². The summed E-state index contributed by atoms with van der Waals surface area (Å²) in [5, 5.41) is 3.39. The van der Waals surface area contributed by atoms with E-state index in [1.165, 1.54) is 57.8 Å². The topological polar surface area (TPSA) is 21.3 Å². The zero-order valence-electron chi connectivity index (χ0n) is 11.5. The molecule has 0 aromatic heterocycles. The molecule has 0 spiro atoms. The first-order chi connectivity index (χ1) is 8.35. The molecule has 1 aliphatic carbocycles. The predicted octanol–water partition coefficient (Wildman–Crippen LogP) is 3.36. The summed E-state index contributed by atoms with van der Waals surface area (Å²) < 4.78 is 5.74. The van der Waals surface area contributed by atoms with E-state index in [-0.39, 0.29) is 0 Å². The minimum absolute atomic E-state index is 0.449. The fraction of sp³-hybridized carbons (Fsp3) is 1.00. The Labute approximate surface area is 107 Å². The SMILES string of the molecule is CNCC1(CCC2CCCCC2)CCCOC1. The molecule has 2 nitrogen and oxygen atoms in total. The number of rotatable bonds is 5. The van der Waals surface area contributed by atoms with Gasteiger partial charge in [-0.05, 0) is 38.6 Å². The smallest absolute Gasteiger partial charge is 0.0534 e. The second kappa shape index (κ2) is 6.75. The highest BCUT2D eigenvalue weighted by molar-refractivity contribution is 4.84. The molecule has 2 rings (SSSR count). The lowest BCUT2D eigenvalue weighted by atomic mass is 9.74. The molecule has 0 bridgehead atoms. The van der Waals surface area contributed by atoms with Crippen molar-refractivity contribution in [2.75, 3.05) is 26.8 Å². The van der Waals surface area contributed by atoms with Gasteiger partial charge in [-0.15, -0.1) is 0 Å². The van der Waals surface area contributed by atoms with Crippen molar-refractivity contribution in [2.45, 2.75) is 57.8 Å². The zero-order valence-corrected chi connectivity index (χ0v) is 11.5. The van der Waals surface area contributed by atoms with Crippen LogP contribution in [0.25, 0.3) is 0 Å². The fourth-order valence-corrected chi connectivity index (χ4v) is 3.70. The summed E-state index contributed by atoms with van der Waals surface area (Å²) >= 11 is 0. The molecule has 0 amide bonds. The Hall–Kier alpha value is -0.0800. The first-order valence-electron chi connectivity index (χ1n) is 7.57. The van der Waals surface area contributed by atoms with E-state index in [9.17, 15) is 0 Å². The molecule has 1 N–H and O–H groups in total. The highest BCUT2D eigenvalue weighted by atomic mass is 16.5. The van der Waals surface area contributed by atoms with Gasteiger partial charge in [0, 0.05) is 18.6 Å². The Bertz CT molecular complexity index is 199. The normalized spacial score (nSPS) is 31.6. The maximum atomic E-state index is 5.74. The molecule has 17 heavy (non-hydrogen) atoms. The molecule has 0 aromatic carbocycles. The van der Waals surface area contributed by atoms with Crippen molar-refractivity contribution in [1.29, 1.82) is 0 Å². The van der Waals surface area contributed by atoms with Gasteiger partial charge in [0.25, 0.3) is 0 Å². The van der Waals surface area contributed by atoms with Gasteiger partial charge < -0.3 is 10.1 Å². The van der Waals surface area contributed by atoms with Crippen molar-refractivity contribution in [3.63, 3.8) is 0 Å². The third kappa shape index (κ3) is 3.96. The summed E-state index contributed by atoms with van der Waals surface area (Å²) in [4.78, 5) is 0. The molecular formula is C15H29NO. The lowest BCUT2D eigenvalue weighted by molar-refractivity contribution is -0.0149. The first kappa shape index (κ1) is 13.4. The minimum Gasteiger partial charge on any atom is -0.381 e. The summed E-state index contributed by atoms with van der Waals surface area (Å²) in [7, 11) is 2.08. The molecule has 0 aromatic rings. The monoisotopic (exact) mass is 239 g/mol. The summed E-state index contributed by atoms with van der Waals surface area (Å²) in [5.41, 5.74) is 0.449. The predicted molar refractivity (Wildman–Crippen MR) is 72.2 cm³/mol. The summed E-state index contributed by atoms with van der Waals surface area (Å²) in [6.45, 7) is 3.11. The zero-order chi connectivity index (χ0) is 12.0. The van der Waals surface area contributed by atoms with Crippen LogP contribution >= 0.6 is 0 Å². The van der Waals surface area contributed by atoms with Crippen LogP contribution in [0.1, 0.15) is 57.8 Å². The fourth-order valence-electron chi connectivity index (χ4n) is 3.70. The number of hydrogen-bond donors (Lipinski definition) is 1. The van der Waals surface area contributed by atoms with Crippen LogP contribution in [-0.2, 0) is 4.74 Å². The third-order valence-electron chi connectivity index (χ3n) is 4.76. The van der Waals surface area contributed by atoms with Gasteiger partial charge in [-0.3, -0.25) is 0 Å². The molecule has 1 saturated heterocycles. The first-order valence-corrected chi connectivity index (χ1v) is 7.57. The van der Waals surface area contributed by atoms with E-state index >= 15 is 0 Å². The average molecular weight is 239 g/mol. The molecule has 1 unspecified atom stereocenters. The van der Waals surface area contributed by atoms with E-state index in [4.69, 9.17) is 4.74 Å². The van der Waals surface area contributed by atoms with Crippen molar-refractivity contribution < 1.29 is 4.74 Å². The molecule has 1 atom stereocenters. The quantitative estimate of drug-likeness (QED) is 0.794. The van der Waals surface area contributed by atoms with Crippen LogP contribution in [0.5, 0.6) is 0 Å². The van der Waals surface area contributed by atoms with Crippen LogP contribution in [0.3, 0.4) is 0 Å². The van der Waals surface area contributed by atoms with Gasteiger partial charge >= 0.3 is 0 Å². The van der Waals surface area contributed by atoms with E-state index in [1.807, 2.05) is 0 Å². The Morgan fingerprint density at radius 2 is 2.00 bits per heavy atom. The molecule has 2 heteroatoms. The highest BCUT2D eigenvalue weighted by Crippen LogP contribution is 2.37. The largest absolute Gasteiger partial charge is 0.381 e. The molecule has 2 fully saturated rings. The van der Waals surface area contributed by atoms with Crippen LogP contribution in [0.15, 0.2) is 0 Å².